The van der Waals surface area contributed by atoms with E-state index in [0.717, 1.165) is 22.9 Å². The molecule has 3 N–H and O–H groups in total. The Morgan fingerprint density at radius 2 is 2.00 bits per heavy atom. The predicted molar refractivity (Wildman–Crippen MR) is 93.2 cm³/mol. The summed E-state index contributed by atoms with van der Waals surface area (Å²) in [4.78, 5) is 13.4. The molecule has 0 fully saturated rings. The summed E-state index contributed by atoms with van der Waals surface area (Å²) in [6.45, 7) is 0. The van der Waals surface area contributed by atoms with Crippen molar-refractivity contribution in [2.24, 2.45) is 0 Å². The quantitative estimate of drug-likeness (QED) is 0.685. The summed E-state index contributed by atoms with van der Waals surface area (Å²) < 4.78 is 2.02. The molecule has 24 heavy (non-hydrogen) atoms. The highest BCUT2D eigenvalue weighted by Crippen LogP contribution is 2.24. The highest BCUT2D eigenvalue weighted by Gasteiger charge is 2.20. The minimum absolute atomic E-state index is 0.0208. The Morgan fingerprint density at radius 3 is 2.83 bits per heavy atom. The molecule has 7 nitrogen and oxygen atoms in total. The first-order valence-electron chi connectivity index (χ1n) is 7.68. The zero-order valence-corrected chi connectivity index (χ0v) is 13.1. The van der Waals surface area contributed by atoms with Gasteiger partial charge in [-0.05, 0) is 25.2 Å². The molecule has 7 heteroatoms. The summed E-state index contributed by atoms with van der Waals surface area (Å²) in [5, 5.41) is 9.60. The van der Waals surface area contributed by atoms with Crippen LogP contribution < -0.4 is 16.0 Å². The molecule has 1 aliphatic heterocycles. The predicted octanol–water partition coefficient (Wildman–Crippen LogP) is 2.33. The van der Waals surface area contributed by atoms with Crippen LogP contribution >= 0.6 is 0 Å². The van der Waals surface area contributed by atoms with Crippen LogP contribution in [0.15, 0.2) is 55.0 Å². The molecule has 1 unspecified atom stereocenters. The van der Waals surface area contributed by atoms with Crippen molar-refractivity contribution in [1.82, 2.24) is 30.2 Å². The van der Waals surface area contributed by atoms with Gasteiger partial charge in [0.25, 0.3) is 0 Å². The molecule has 2 aromatic heterocycles. The lowest BCUT2D eigenvalue weighted by Gasteiger charge is -2.21. The van der Waals surface area contributed by atoms with Crippen molar-refractivity contribution < 1.29 is 0 Å². The van der Waals surface area contributed by atoms with Gasteiger partial charge in [0, 0.05) is 24.3 Å². The smallest absolute Gasteiger partial charge is 0.227 e. The Bertz CT molecular complexity index is 870. The molecule has 4 rings (SSSR count). The molecule has 0 radical (unpaired) electrons. The number of hydrogen-bond donors (Lipinski definition) is 3. The number of imidazole rings is 1. The maximum absolute atomic E-state index is 4.61. The number of aromatic nitrogens is 4. The molecule has 0 spiro atoms. The average Bonchev–Trinajstić information content (AvgIpc) is 3.07. The fourth-order valence-electron chi connectivity index (χ4n) is 2.65. The maximum Gasteiger partial charge on any atom is 0.227 e. The zero-order valence-electron chi connectivity index (χ0n) is 13.1. The van der Waals surface area contributed by atoms with Crippen molar-refractivity contribution >= 4 is 17.8 Å². The molecule has 1 atom stereocenters. The number of rotatable bonds is 4. The fraction of sp³-hybridized carbons (Fsp3) is 0.118. The van der Waals surface area contributed by atoms with Crippen LogP contribution in [0.5, 0.6) is 0 Å². The van der Waals surface area contributed by atoms with Gasteiger partial charge in [0.15, 0.2) is 5.82 Å². The van der Waals surface area contributed by atoms with Gasteiger partial charge in [-0.3, -0.25) is 9.88 Å². The highest BCUT2D eigenvalue weighted by atomic mass is 15.2. The molecule has 0 aliphatic carbocycles. The summed E-state index contributed by atoms with van der Waals surface area (Å²) in [5.74, 6) is 1.45. The van der Waals surface area contributed by atoms with Crippen molar-refractivity contribution in [3.63, 3.8) is 0 Å². The lowest BCUT2D eigenvalue weighted by atomic mass is 10.3. The van der Waals surface area contributed by atoms with Crippen molar-refractivity contribution in [1.29, 1.82) is 0 Å². The van der Waals surface area contributed by atoms with E-state index in [0.29, 0.717) is 5.95 Å². The number of benzene rings is 1. The van der Waals surface area contributed by atoms with Crippen molar-refractivity contribution in [2.75, 3.05) is 12.4 Å². The molecule has 120 valence electrons. The Hall–Kier alpha value is -3.19. The van der Waals surface area contributed by atoms with Crippen LogP contribution in [0.25, 0.3) is 17.6 Å². The number of anilines is 2. The lowest BCUT2D eigenvalue weighted by Crippen LogP contribution is -2.32. The van der Waals surface area contributed by atoms with Crippen molar-refractivity contribution in [3.05, 3.63) is 60.8 Å². The SMILES string of the molecule is CNC1NC=Cn2c(-c3ccnc(Nc4ccccc4)n3)cnc21. The Morgan fingerprint density at radius 1 is 1.12 bits per heavy atom. The zero-order chi connectivity index (χ0) is 16.4. The fourth-order valence-corrected chi connectivity index (χ4v) is 2.65. The van der Waals surface area contributed by atoms with Gasteiger partial charge in [-0.15, -0.1) is 0 Å². The molecule has 0 bridgehead atoms. The highest BCUT2D eigenvalue weighted by molar-refractivity contribution is 5.61. The van der Waals surface area contributed by atoms with Crippen molar-refractivity contribution in [2.45, 2.75) is 6.17 Å². The Labute approximate surface area is 139 Å². The second kappa shape index (κ2) is 6.13. The van der Waals surface area contributed by atoms with E-state index in [9.17, 15) is 0 Å². The number of para-hydroxylation sites is 1. The van der Waals surface area contributed by atoms with Gasteiger partial charge in [-0.1, -0.05) is 18.2 Å². The molecule has 0 saturated heterocycles. The lowest BCUT2D eigenvalue weighted by molar-refractivity contribution is 0.497. The van der Waals surface area contributed by atoms with E-state index in [2.05, 4.69) is 30.9 Å². The van der Waals surface area contributed by atoms with Crippen molar-refractivity contribution in [3.8, 4) is 11.4 Å². The summed E-state index contributed by atoms with van der Waals surface area (Å²) in [5.41, 5.74) is 2.68. The van der Waals surface area contributed by atoms with Crippen LogP contribution in [0.1, 0.15) is 12.0 Å². The van der Waals surface area contributed by atoms with E-state index in [1.165, 1.54) is 0 Å². The molecule has 1 aliphatic rings. The standard InChI is InChI=1S/C17H17N7/c1-18-15-16-21-11-14(24(16)10-9-19-15)13-7-8-20-17(23-13)22-12-5-3-2-4-6-12/h2-11,15,18-19H,1H3,(H,20,22,23). The maximum atomic E-state index is 4.61. The van der Waals surface area contributed by atoms with Crippen LogP contribution in [-0.2, 0) is 0 Å². The van der Waals surface area contributed by atoms with E-state index in [1.54, 1.807) is 6.20 Å². The summed E-state index contributed by atoms with van der Waals surface area (Å²) in [6, 6.07) is 11.7. The largest absolute Gasteiger partial charge is 0.368 e. The second-order valence-corrected chi connectivity index (χ2v) is 5.33. The van der Waals surface area contributed by atoms with Crippen LogP contribution in [0.2, 0.25) is 0 Å². The molecule has 0 amide bonds. The number of fused-ring (bicyclic) bond motifs is 1. The van der Waals surface area contributed by atoms with E-state index in [4.69, 9.17) is 0 Å². The molecular formula is C17H17N7. The molecule has 3 heterocycles. The monoisotopic (exact) mass is 319 g/mol. The van der Waals surface area contributed by atoms with E-state index in [-0.39, 0.29) is 6.17 Å². The first-order valence-corrected chi connectivity index (χ1v) is 7.68. The van der Waals surface area contributed by atoms with Gasteiger partial charge < -0.3 is 10.6 Å². The Balaban J connectivity index is 1.68. The molecule has 3 aromatic rings. The minimum Gasteiger partial charge on any atom is -0.368 e. The third kappa shape index (κ3) is 2.61. The third-order valence-corrected chi connectivity index (χ3v) is 3.81. The summed E-state index contributed by atoms with van der Waals surface area (Å²) >= 11 is 0. The molecule has 1 aromatic carbocycles. The first-order chi connectivity index (χ1) is 11.8. The normalized spacial score (nSPS) is 15.6. The first kappa shape index (κ1) is 14.4. The minimum atomic E-state index is -0.0208. The number of nitrogens with one attached hydrogen (secondary N) is 3. The van der Waals surface area contributed by atoms with Gasteiger partial charge in [-0.25, -0.2) is 15.0 Å². The average molecular weight is 319 g/mol. The van der Waals surface area contributed by atoms with Crippen LogP contribution in [0.3, 0.4) is 0 Å². The van der Waals surface area contributed by atoms with E-state index in [1.807, 2.05) is 66.6 Å². The van der Waals surface area contributed by atoms with E-state index >= 15 is 0 Å². The van der Waals surface area contributed by atoms with Gasteiger partial charge in [-0.2, -0.15) is 0 Å². The molecular weight excluding hydrogens is 302 g/mol. The van der Waals surface area contributed by atoms with Crippen LogP contribution in [0, 0.1) is 0 Å². The van der Waals surface area contributed by atoms with E-state index < -0.39 is 0 Å². The van der Waals surface area contributed by atoms with Gasteiger partial charge in [0.1, 0.15) is 6.17 Å². The van der Waals surface area contributed by atoms with Gasteiger partial charge in [0.05, 0.1) is 17.6 Å². The summed E-state index contributed by atoms with van der Waals surface area (Å²) in [6.07, 6.45) is 7.38. The topological polar surface area (TPSA) is 79.7 Å². The third-order valence-electron chi connectivity index (χ3n) is 3.81. The molecule has 0 saturated carbocycles. The number of nitrogens with zero attached hydrogens (tertiary/aromatic N) is 4. The summed E-state index contributed by atoms with van der Waals surface area (Å²) in [7, 11) is 1.89. The van der Waals surface area contributed by atoms with Gasteiger partial charge >= 0.3 is 0 Å². The second-order valence-electron chi connectivity index (χ2n) is 5.33. The van der Waals surface area contributed by atoms with Gasteiger partial charge in [0.2, 0.25) is 5.95 Å². The number of hydrogen-bond acceptors (Lipinski definition) is 6. The van der Waals surface area contributed by atoms with Crippen LogP contribution in [0.4, 0.5) is 11.6 Å². The van der Waals surface area contributed by atoms with Crippen LogP contribution in [-0.4, -0.2) is 26.6 Å². The Kier molecular flexibility index (Phi) is 3.68.